The monoisotopic (exact) mass is 482 g/mol. The molecule has 2 unspecified atom stereocenters. The lowest BCUT2D eigenvalue weighted by molar-refractivity contribution is 0.0893. The molecule has 0 bridgehead atoms. The van der Waals surface area contributed by atoms with Gasteiger partial charge in [-0.1, -0.05) is 13.8 Å². The SMILES string of the molecule is CCNC(=NCCCOCC1CCOC1)N1CCC(N(CC)CC)C1.I. The molecule has 2 aliphatic rings. The first kappa shape index (κ1) is 23.9. The van der Waals surface area contributed by atoms with E-state index in [1.165, 1.54) is 6.42 Å². The van der Waals surface area contributed by atoms with Gasteiger partial charge in [0.1, 0.15) is 0 Å². The third-order valence-electron chi connectivity index (χ3n) is 5.21. The summed E-state index contributed by atoms with van der Waals surface area (Å²) in [6.07, 6.45) is 3.36. The van der Waals surface area contributed by atoms with Crippen LogP contribution in [0, 0.1) is 5.92 Å². The van der Waals surface area contributed by atoms with Gasteiger partial charge in [0.2, 0.25) is 0 Å². The Hall–Kier alpha value is -0.120. The van der Waals surface area contributed by atoms with Crippen LogP contribution in [0.2, 0.25) is 0 Å². The van der Waals surface area contributed by atoms with Gasteiger partial charge in [0, 0.05) is 51.4 Å². The summed E-state index contributed by atoms with van der Waals surface area (Å²) in [6, 6.07) is 0.663. The van der Waals surface area contributed by atoms with E-state index in [1.54, 1.807) is 0 Å². The fraction of sp³-hybridized carbons (Fsp3) is 0.947. The van der Waals surface area contributed by atoms with Crippen molar-refractivity contribution in [3.05, 3.63) is 0 Å². The highest BCUT2D eigenvalue weighted by Crippen LogP contribution is 2.15. The largest absolute Gasteiger partial charge is 0.381 e. The Bertz CT molecular complexity index is 388. The Morgan fingerprint density at radius 3 is 2.73 bits per heavy atom. The predicted molar refractivity (Wildman–Crippen MR) is 119 cm³/mol. The topological polar surface area (TPSA) is 49.3 Å². The molecule has 0 amide bonds. The highest BCUT2D eigenvalue weighted by molar-refractivity contribution is 14.0. The van der Waals surface area contributed by atoms with Gasteiger partial charge in [-0.2, -0.15) is 0 Å². The summed E-state index contributed by atoms with van der Waals surface area (Å²) >= 11 is 0. The minimum Gasteiger partial charge on any atom is -0.381 e. The van der Waals surface area contributed by atoms with Crippen molar-refractivity contribution < 1.29 is 9.47 Å². The molecule has 0 radical (unpaired) electrons. The number of guanidine groups is 1. The van der Waals surface area contributed by atoms with Crippen LogP contribution in [0.15, 0.2) is 4.99 Å². The van der Waals surface area contributed by atoms with Crippen molar-refractivity contribution in [3.63, 3.8) is 0 Å². The molecule has 2 aliphatic heterocycles. The zero-order valence-corrected chi connectivity index (χ0v) is 19.2. The zero-order valence-electron chi connectivity index (χ0n) is 16.9. The second-order valence-corrected chi connectivity index (χ2v) is 7.00. The van der Waals surface area contributed by atoms with E-state index < -0.39 is 0 Å². The first-order chi connectivity index (χ1) is 12.3. The van der Waals surface area contributed by atoms with E-state index in [2.05, 4.69) is 35.9 Å². The van der Waals surface area contributed by atoms with Crippen LogP contribution < -0.4 is 5.32 Å². The molecule has 2 rings (SSSR count). The van der Waals surface area contributed by atoms with Gasteiger partial charge < -0.3 is 19.7 Å². The van der Waals surface area contributed by atoms with Gasteiger partial charge in [0.25, 0.3) is 0 Å². The van der Waals surface area contributed by atoms with Crippen molar-refractivity contribution in [2.75, 3.05) is 65.7 Å². The lowest BCUT2D eigenvalue weighted by Crippen LogP contribution is -2.43. The Morgan fingerprint density at radius 1 is 1.27 bits per heavy atom. The normalized spacial score (nSPS) is 23.5. The maximum atomic E-state index is 5.77. The fourth-order valence-corrected chi connectivity index (χ4v) is 3.71. The van der Waals surface area contributed by atoms with Gasteiger partial charge in [-0.05, 0) is 39.3 Å². The van der Waals surface area contributed by atoms with Gasteiger partial charge in [-0.25, -0.2) is 0 Å². The molecule has 0 aromatic rings. The smallest absolute Gasteiger partial charge is 0.193 e. The van der Waals surface area contributed by atoms with Gasteiger partial charge >= 0.3 is 0 Å². The number of halogens is 1. The number of aliphatic imine (C=N–C) groups is 1. The Kier molecular flexibility index (Phi) is 12.8. The molecule has 0 aromatic heterocycles. The summed E-state index contributed by atoms with van der Waals surface area (Å²) < 4.78 is 11.1. The summed E-state index contributed by atoms with van der Waals surface area (Å²) in [5.74, 6) is 1.67. The molecule has 6 nitrogen and oxygen atoms in total. The summed E-state index contributed by atoms with van der Waals surface area (Å²) in [4.78, 5) is 9.80. The highest BCUT2D eigenvalue weighted by atomic mass is 127. The van der Waals surface area contributed by atoms with Crippen molar-refractivity contribution in [3.8, 4) is 0 Å². The summed E-state index contributed by atoms with van der Waals surface area (Å²) in [5.41, 5.74) is 0. The molecule has 2 fully saturated rings. The average molecular weight is 482 g/mol. The highest BCUT2D eigenvalue weighted by Gasteiger charge is 2.27. The van der Waals surface area contributed by atoms with Crippen LogP contribution in [0.3, 0.4) is 0 Å². The van der Waals surface area contributed by atoms with Crippen LogP contribution in [0.1, 0.15) is 40.0 Å². The second-order valence-electron chi connectivity index (χ2n) is 7.00. The summed E-state index contributed by atoms with van der Waals surface area (Å²) in [6.45, 7) is 16.2. The van der Waals surface area contributed by atoms with E-state index in [-0.39, 0.29) is 24.0 Å². The number of nitrogens with one attached hydrogen (secondary N) is 1. The molecule has 26 heavy (non-hydrogen) atoms. The third-order valence-corrected chi connectivity index (χ3v) is 5.21. The molecule has 0 aliphatic carbocycles. The van der Waals surface area contributed by atoms with Crippen LogP contribution in [-0.2, 0) is 9.47 Å². The molecule has 2 heterocycles. The van der Waals surface area contributed by atoms with Gasteiger partial charge in [-0.3, -0.25) is 9.89 Å². The third kappa shape index (κ3) is 7.86. The Labute approximate surface area is 177 Å². The molecule has 154 valence electrons. The summed E-state index contributed by atoms with van der Waals surface area (Å²) in [7, 11) is 0. The number of hydrogen-bond donors (Lipinski definition) is 1. The number of hydrogen-bond acceptors (Lipinski definition) is 4. The predicted octanol–water partition coefficient (Wildman–Crippen LogP) is 2.43. The van der Waals surface area contributed by atoms with Crippen molar-refractivity contribution in [2.24, 2.45) is 10.9 Å². The van der Waals surface area contributed by atoms with E-state index in [0.717, 1.165) is 84.5 Å². The van der Waals surface area contributed by atoms with Crippen LogP contribution >= 0.6 is 24.0 Å². The maximum absolute atomic E-state index is 5.77. The number of nitrogens with zero attached hydrogens (tertiary/aromatic N) is 3. The van der Waals surface area contributed by atoms with Crippen molar-refractivity contribution in [1.82, 2.24) is 15.1 Å². The van der Waals surface area contributed by atoms with Crippen LogP contribution in [-0.4, -0.2) is 87.5 Å². The quantitative estimate of drug-likeness (QED) is 0.224. The van der Waals surface area contributed by atoms with E-state index >= 15 is 0 Å². The lowest BCUT2D eigenvalue weighted by Gasteiger charge is -2.27. The first-order valence-corrected chi connectivity index (χ1v) is 10.2. The molecule has 2 atom stereocenters. The van der Waals surface area contributed by atoms with Crippen molar-refractivity contribution >= 4 is 29.9 Å². The fourth-order valence-electron chi connectivity index (χ4n) is 3.71. The van der Waals surface area contributed by atoms with Gasteiger partial charge in [0.15, 0.2) is 5.96 Å². The zero-order chi connectivity index (χ0) is 17.9. The second kappa shape index (κ2) is 14.0. The molecule has 0 aromatic carbocycles. The minimum absolute atomic E-state index is 0. The van der Waals surface area contributed by atoms with Crippen LogP contribution in [0.5, 0.6) is 0 Å². The molecule has 0 spiro atoms. The standard InChI is InChI=1S/C19H38N4O2.HI/c1-4-20-19(23-11-8-18(14-23)22(5-2)6-3)21-10-7-12-24-15-17-9-13-25-16-17;/h17-18H,4-16H2,1-3H3,(H,20,21);1H. The number of likely N-dealkylation sites (tertiary alicyclic amines) is 1. The first-order valence-electron chi connectivity index (χ1n) is 10.2. The van der Waals surface area contributed by atoms with E-state index in [1.807, 2.05) is 0 Å². The molecule has 2 saturated heterocycles. The average Bonchev–Trinajstić information content (AvgIpc) is 3.30. The number of likely N-dealkylation sites (N-methyl/N-ethyl adjacent to an activating group) is 1. The van der Waals surface area contributed by atoms with E-state index in [9.17, 15) is 0 Å². The molecule has 0 saturated carbocycles. The van der Waals surface area contributed by atoms with Crippen LogP contribution in [0.25, 0.3) is 0 Å². The maximum Gasteiger partial charge on any atom is 0.193 e. The number of rotatable bonds is 10. The molecular formula is C19H39IN4O2. The van der Waals surface area contributed by atoms with Crippen molar-refractivity contribution in [1.29, 1.82) is 0 Å². The summed E-state index contributed by atoms with van der Waals surface area (Å²) in [5, 5.41) is 3.46. The van der Waals surface area contributed by atoms with E-state index in [4.69, 9.17) is 14.5 Å². The van der Waals surface area contributed by atoms with Crippen molar-refractivity contribution in [2.45, 2.75) is 46.1 Å². The number of ether oxygens (including phenoxy) is 2. The van der Waals surface area contributed by atoms with Gasteiger partial charge in [0.05, 0.1) is 13.2 Å². The van der Waals surface area contributed by atoms with E-state index in [0.29, 0.717) is 12.0 Å². The molecule has 7 heteroatoms. The lowest BCUT2D eigenvalue weighted by atomic mass is 10.1. The van der Waals surface area contributed by atoms with Gasteiger partial charge in [-0.15, -0.1) is 24.0 Å². The molecule has 1 N–H and O–H groups in total. The van der Waals surface area contributed by atoms with Crippen LogP contribution in [0.4, 0.5) is 0 Å². The molecular weight excluding hydrogens is 443 g/mol. The minimum atomic E-state index is 0. The Morgan fingerprint density at radius 2 is 2.08 bits per heavy atom. The Balaban J connectivity index is 0.00000338.